The van der Waals surface area contributed by atoms with Crippen LogP contribution in [0.4, 0.5) is 5.95 Å². The van der Waals surface area contributed by atoms with E-state index < -0.39 is 0 Å². The molecule has 8 nitrogen and oxygen atoms in total. The number of amides is 1. The highest BCUT2D eigenvalue weighted by Gasteiger charge is 2.49. The number of carbonyl (C=O) groups is 1. The van der Waals surface area contributed by atoms with Crippen LogP contribution in [0.3, 0.4) is 0 Å². The van der Waals surface area contributed by atoms with Gasteiger partial charge in [0.1, 0.15) is 16.9 Å². The molecule has 1 atom stereocenters. The summed E-state index contributed by atoms with van der Waals surface area (Å²) in [6.07, 6.45) is 5.47. The molecule has 2 aromatic rings. The molecule has 0 radical (unpaired) electrons. The molecule has 0 saturated carbocycles. The maximum atomic E-state index is 12.6. The van der Waals surface area contributed by atoms with Crippen LogP contribution in [0.25, 0.3) is 0 Å². The number of hydrogen-bond donors (Lipinski definition) is 1. The number of rotatable bonds is 4. The summed E-state index contributed by atoms with van der Waals surface area (Å²) in [6.45, 7) is 6.32. The number of ether oxygens (including phenoxy) is 1. The van der Waals surface area contributed by atoms with Gasteiger partial charge < -0.3 is 19.5 Å². The van der Waals surface area contributed by atoms with E-state index in [9.17, 15) is 4.79 Å². The molecule has 0 aliphatic carbocycles. The molecular formula is C18H23N5O3. The number of nitrogens with one attached hydrogen (secondary N) is 1. The maximum absolute atomic E-state index is 12.6. The third kappa shape index (κ3) is 3.16. The highest BCUT2D eigenvalue weighted by atomic mass is 16.5. The lowest BCUT2D eigenvalue weighted by Crippen LogP contribution is -2.66. The molecule has 0 unspecified atom stereocenters. The van der Waals surface area contributed by atoms with E-state index in [0.717, 1.165) is 19.4 Å². The van der Waals surface area contributed by atoms with Gasteiger partial charge in [-0.05, 0) is 38.7 Å². The molecule has 4 rings (SSSR count). The van der Waals surface area contributed by atoms with Crippen molar-refractivity contribution in [3.05, 3.63) is 35.5 Å². The molecule has 4 heterocycles. The van der Waals surface area contributed by atoms with Crippen LogP contribution in [0.5, 0.6) is 0 Å². The summed E-state index contributed by atoms with van der Waals surface area (Å²) >= 11 is 0. The van der Waals surface area contributed by atoms with E-state index in [4.69, 9.17) is 9.26 Å². The van der Waals surface area contributed by atoms with Crippen LogP contribution in [0.2, 0.25) is 0 Å². The average molecular weight is 357 g/mol. The lowest BCUT2D eigenvalue weighted by Gasteiger charge is -2.52. The number of carbonyl (C=O) groups excluding carboxylic acids is 1. The Morgan fingerprint density at radius 3 is 2.73 bits per heavy atom. The Labute approximate surface area is 151 Å². The highest BCUT2D eigenvalue weighted by Crippen LogP contribution is 2.37. The fourth-order valence-corrected chi connectivity index (χ4v) is 3.69. The second kappa shape index (κ2) is 6.68. The number of aryl methyl sites for hydroxylation is 2. The van der Waals surface area contributed by atoms with Crippen molar-refractivity contribution in [1.29, 1.82) is 0 Å². The fraction of sp³-hybridized carbons (Fsp3) is 0.556. The Morgan fingerprint density at radius 1 is 1.35 bits per heavy atom. The first-order valence-electron chi connectivity index (χ1n) is 8.93. The topological polar surface area (TPSA) is 93.4 Å². The zero-order valence-electron chi connectivity index (χ0n) is 15.1. The first-order chi connectivity index (χ1) is 12.6. The summed E-state index contributed by atoms with van der Waals surface area (Å²) in [5.41, 5.74) is 1.04. The van der Waals surface area contributed by atoms with Gasteiger partial charge in [0.15, 0.2) is 0 Å². The quantitative estimate of drug-likeness (QED) is 0.892. The zero-order chi connectivity index (χ0) is 18.1. The Kier molecular flexibility index (Phi) is 4.36. The standard InChI is InChI=1S/C18H23N5O3/c1-12-15(13(2)26-22-12)16(24)23-10-18(11-23)5-4-14(9-25-18)8-21-17-19-6-3-7-20-17/h3,6-7,14H,4-5,8-11H2,1-2H3,(H,19,20,21)/t14-/m0/s1. The Balaban J connectivity index is 1.26. The predicted molar refractivity (Wildman–Crippen MR) is 93.8 cm³/mol. The number of aromatic nitrogens is 3. The molecule has 1 N–H and O–H groups in total. The van der Waals surface area contributed by atoms with E-state index in [1.165, 1.54) is 0 Å². The molecular weight excluding hydrogens is 334 g/mol. The van der Waals surface area contributed by atoms with Gasteiger partial charge in [-0.3, -0.25) is 4.79 Å². The summed E-state index contributed by atoms with van der Waals surface area (Å²) < 4.78 is 11.3. The molecule has 1 spiro atoms. The predicted octanol–water partition coefficient (Wildman–Crippen LogP) is 1.81. The van der Waals surface area contributed by atoms with E-state index in [2.05, 4.69) is 20.4 Å². The Hall–Kier alpha value is -2.48. The van der Waals surface area contributed by atoms with Crippen LogP contribution >= 0.6 is 0 Å². The minimum atomic E-state index is -0.186. The van der Waals surface area contributed by atoms with E-state index in [1.807, 2.05) is 4.90 Å². The molecule has 0 aromatic carbocycles. The van der Waals surface area contributed by atoms with Gasteiger partial charge in [0.25, 0.3) is 5.91 Å². The minimum absolute atomic E-state index is 0.0134. The first kappa shape index (κ1) is 17.0. The number of nitrogens with zero attached hydrogens (tertiary/aromatic N) is 4. The molecule has 1 amide bonds. The monoisotopic (exact) mass is 357 g/mol. The molecule has 2 fully saturated rings. The van der Waals surface area contributed by atoms with Crippen molar-refractivity contribution in [3.8, 4) is 0 Å². The van der Waals surface area contributed by atoms with Crippen LogP contribution in [0.15, 0.2) is 23.0 Å². The third-order valence-electron chi connectivity index (χ3n) is 5.24. The number of likely N-dealkylation sites (tertiary alicyclic amines) is 1. The zero-order valence-corrected chi connectivity index (χ0v) is 15.1. The molecule has 8 heteroatoms. The summed E-state index contributed by atoms with van der Waals surface area (Å²) in [5.74, 6) is 1.64. The largest absolute Gasteiger partial charge is 0.371 e. The van der Waals surface area contributed by atoms with Gasteiger partial charge in [0.2, 0.25) is 5.95 Å². The van der Waals surface area contributed by atoms with Gasteiger partial charge >= 0.3 is 0 Å². The van der Waals surface area contributed by atoms with Crippen molar-refractivity contribution < 1.29 is 14.1 Å². The second-order valence-electron chi connectivity index (χ2n) is 7.21. The molecule has 2 aliphatic heterocycles. The van der Waals surface area contributed by atoms with Crippen molar-refractivity contribution >= 4 is 11.9 Å². The number of hydrogen-bond acceptors (Lipinski definition) is 7. The van der Waals surface area contributed by atoms with Crippen molar-refractivity contribution in [2.75, 3.05) is 31.6 Å². The summed E-state index contributed by atoms with van der Waals surface area (Å²) in [6, 6.07) is 1.80. The highest BCUT2D eigenvalue weighted by molar-refractivity contribution is 5.96. The molecule has 26 heavy (non-hydrogen) atoms. The smallest absolute Gasteiger partial charge is 0.259 e. The van der Waals surface area contributed by atoms with E-state index in [-0.39, 0.29) is 11.5 Å². The second-order valence-corrected chi connectivity index (χ2v) is 7.21. The first-order valence-corrected chi connectivity index (χ1v) is 8.93. The number of anilines is 1. The summed E-state index contributed by atoms with van der Waals surface area (Å²) in [5, 5.41) is 7.12. The SMILES string of the molecule is Cc1noc(C)c1C(=O)N1CC2(CC[C@@H](CNc3ncccn3)CO2)C1. The molecule has 2 aliphatic rings. The van der Waals surface area contributed by atoms with Gasteiger partial charge in [-0.25, -0.2) is 9.97 Å². The molecule has 138 valence electrons. The molecule has 0 bridgehead atoms. The van der Waals surface area contributed by atoms with Crippen LogP contribution in [-0.4, -0.2) is 57.8 Å². The van der Waals surface area contributed by atoms with Crippen molar-refractivity contribution in [2.24, 2.45) is 5.92 Å². The van der Waals surface area contributed by atoms with Crippen molar-refractivity contribution in [2.45, 2.75) is 32.3 Å². The van der Waals surface area contributed by atoms with Gasteiger partial charge in [-0.1, -0.05) is 5.16 Å². The van der Waals surface area contributed by atoms with Crippen LogP contribution in [-0.2, 0) is 4.74 Å². The van der Waals surface area contributed by atoms with Crippen molar-refractivity contribution in [3.63, 3.8) is 0 Å². The summed E-state index contributed by atoms with van der Waals surface area (Å²) in [4.78, 5) is 22.8. The van der Waals surface area contributed by atoms with Gasteiger partial charge in [-0.15, -0.1) is 0 Å². The lowest BCUT2D eigenvalue weighted by molar-refractivity contribution is -0.165. The Bertz CT molecular complexity index is 756. The van der Waals surface area contributed by atoms with Gasteiger partial charge in [0.05, 0.1) is 25.4 Å². The van der Waals surface area contributed by atoms with E-state index >= 15 is 0 Å². The average Bonchev–Trinajstić information content (AvgIpc) is 2.97. The lowest BCUT2D eigenvalue weighted by atomic mass is 9.82. The minimum Gasteiger partial charge on any atom is -0.371 e. The van der Waals surface area contributed by atoms with E-state index in [0.29, 0.717) is 48.6 Å². The van der Waals surface area contributed by atoms with E-state index in [1.54, 1.807) is 32.3 Å². The fourth-order valence-electron chi connectivity index (χ4n) is 3.69. The van der Waals surface area contributed by atoms with Crippen molar-refractivity contribution in [1.82, 2.24) is 20.0 Å². The van der Waals surface area contributed by atoms with Crippen LogP contribution in [0.1, 0.15) is 34.7 Å². The molecule has 2 aromatic heterocycles. The normalized spacial score (nSPS) is 21.5. The maximum Gasteiger partial charge on any atom is 0.259 e. The molecule has 2 saturated heterocycles. The van der Waals surface area contributed by atoms with Crippen LogP contribution < -0.4 is 5.32 Å². The van der Waals surface area contributed by atoms with Crippen LogP contribution in [0, 0.1) is 19.8 Å². The third-order valence-corrected chi connectivity index (χ3v) is 5.24. The van der Waals surface area contributed by atoms with Gasteiger partial charge in [-0.2, -0.15) is 0 Å². The van der Waals surface area contributed by atoms with Gasteiger partial charge in [0, 0.05) is 18.9 Å². The Morgan fingerprint density at radius 2 is 2.12 bits per heavy atom. The summed E-state index contributed by atoms with van der Waals surface area (Å²) in [7, 11) is 0.